The lowest BCUT2D eigenvalue weighted by molar-refractivity contribution is -0.105. The second kappa shape index (κ2) is 6.27. The molecule has 0 unspecified atom stereocenters. The Morgan fingerprint density at radius 2 is 2.38 bits per heavy atom. The summed E-state index contributed by atoms with van der Waals surface area (Å²) in [7, 11) is 0. The minimum Gasteiger partial charge on any atom is -0.462 e. The number of hydrogen-bond donors (Lipinski definition) is 1. The van der Waals surface area contributed by atoms with Gasteiger partial charge in [0.2, 0.25) is 6.41 Å². The zero-order valence-electron chi connectivity index (χ0n) is 9.41. The van der Waals surface area contributed by atoms with Gasteiger partial charge in [0.05, 0.1) is 12.2 Å². The SMILES string of the molecule is CCCCOC(=O)c1cc(C)sc1NC=O. The average Bonchev–Trinajstić information content (AvgIpc) is 2.60. The minimum atomic E-state index is -0.373. The molecule has 1 aromatic rings. The summed E-state index contributed by atoms with van der Waals surface area (Å²) in [6.07, 6.45) is 2.40. The highest BCUT2D eigenvalue weighted by molar-refractivity contribution is 7.16. The van der Waals surface area contributed by atoms with Crippen molar-refractivity contribution in [3.05, 3.63) is 16.5 Å². The molecule has 0 fully saturated rings. The van der Waals surface area contributed by atoms with Crippen molar-refractivity contribution in [1.82, 2.24) is 0 Å². The number of amides is 1. The zero-order chi connectivity index (χ0) is 12.0. The van der Waals surface area contributed by atoms with E-state index < -0.39 is 0 Å². The van der Waals surface area contributed by atoms with Gasteiger partial charge in [0.25, 0.3) is 0 Å². The van der Waals surface area contributed by atoms with Gasteiger partial charge in [0.15, 0.2) is 0 Å². The molecule has 0 atom stereocenters. The third-order valence-corrected chi connectivity index (χ3v) is 2.98. The number of hydrogen-bond acceptors (Lipinski definition) is 4. The molecule has 0 bridgehead atoms. The van der Waals surface area contributed by atoms with Crippen LogP contribution in [0.4, 0.5) is 5.00 Å². The Morgan fingerprint density at radius 3 is 3.00 bits per heavy atom. The van der Waals surface area contributed by atoms with Crippen LogP contribution >= 0.6 is 11.3 Å². The van der Waals surface area contributed by atoms with E-state index in [0.717, 1.165) is 17.7 Å². The Balaban J connectivity index is 2.69. The molecule has 16 heavy (non-hydrogen) atoms. The van der Waals surface area contributed by atoms with Crippen LogP contribution in [0.3, 0.4) is 0 Å². The first kappa shape index (κ1) is 12.7. The van der Waals surface area contributed by atoms with Crippen LogP contribution in [-0.2, 0) is 9.53 Å². The van der Waals surface area contributed by atoms with Gasteiger partial charge in [0.1, 0.15) is 5.00 Å². The molecule has 0 radical (unpaired) electrons. The third kappa shape index (κ3) is 3.34. The van der Waals surface area contributed by atoms with Crippen molar-refractivity contribution < 1.29 is 14.3 Å². The second-order valence-corrected chi connectivity index (χ2v) is 4.61. The molecule has 5 heteroatoms. The summed E-state index contributed by atoms with van der Waals surface area (Å²) in [6.45, 7) is 4.33. The number of anilines is 1. The average molecular weight is 241 g/mol. The van der Waals surface area contributed by atoms with Gasteiger partial charge in [-0.3, -0.25) is 4.79 Å². The fraction of sp³-hybridized carbons (Fsp3) is 0.455. The van der Waals surface area contributed by atoms with Gasteiger partial charge in [-0.05, 0) is 19.4 Å². The van der Waals surface area contributed by atoms with Gasteiger partial charge in [-0.25, -0.2) is 4.79 Å². The topological polar surface area (TPSA) is 55.4 Å². The third-order valence-electron chi connectivity index (χ3n) is 2.00. The van der Waals surface area contributed by atoms with Crippen molar-refractivity contribution in [3.8, 4) is 0 Å². The molecule has 1 amide bonds. The standard InChI is InChI=1S/C11H15NO3S/c1-3-4-5-15-11(14)9-6-8(2)16-10(9)12-7-13/h6-7H,3-5H2,1-2H3,(H,12,13). The number of nitrogens with one attached hydrogen (secondary N) is 1. The van der Waals surface area contributed by atoms with Crippen LogP contribution < -0.4 is 5.32 Å². The summed E-state index contributed by atoms with van der Waals surface area (Å²) in [5, 5.41) is 3.06. The van der Waals surface area contributed by atoms with E-state index in [1.165, 1.54) is 11.3 Å². The quantitative estimate of drug-likeness (QED) is 0.473. The van der Waals surface area contributed by atoms with Crippen molar-refractivity contribution in [2.45, 2.75) is 26.7 Å². The van der Waals surface area contributed by atoms with Gasteiger partial charge in [-0.2, -0.15) is 0 Å². The maximum absolute atomic E-state index is 11.7. The number of unbranched alkanes of at least 4 members (excludes halogenated alkanes) is 1. The molecule has 0 aliphatic heterocycles. The van der Waals surface area contributed by atoms with Crippen molar-refractivity contribution >= 4 is 28.7 Å². The molecule has 1 rings (SSSR count). The zero-order valence-corrected chi connectivity index (χ0v) is 10.2. The molecule has 88 valence electrons. The predicted molar refractivity (Wildman–Crippen MR) is 63.9 cm³/mol. The number of carbonyl (C=O) groups excluding carboxylic acids is 2. The van der Waals surface area contributed by atoms with Gasteiger partial charge in [-0.15, -0.1) is 11.3 Å². The monoisotopic (exact) mass is 241 g/mol. The highest BCUT2D eigenvalue weighted by Crippen LogP contribution is 2.27. The number of carbonyl (C=O) groups is 2. The number of thiophene rings is 1. The minimum absolute atomic E-state index is 0.373. The summed E-state index contributed by atoms with van der Waals surface area (Å²) >= 11 is 1.36. The van der Waals surface area contributed by atoms with E-state index in [1.807, 2.05) is 13.8 Å². The first-order chi connectivity index (χ1) is 7.69. The van der Waals surface area contributed by atoms with E-state index in [1.54, 1.807) is 6.07 Å². The number of esters is 1. The fourth-order valence-electron chi connectivity index (χ4n) is 1.21. The largest absolute Gasteiger partial charge is 0.462 e. The van der Waals surface area contributed by atoms with Crippen LogP contribution in [0.15, 0.2) is 6.07 Å². The van der Waals surface area contributed by atoms with Gasteiger partial charge in [-0.1, -0.05) is 13.3 Å². The molecule has 0 saturated heterocycles. The molecule has 1 N–H and O–H groups in total. The van der Waals surface area contributed by atoms with E-state index in [0.29, 0.717) is 23.6 Å². The van der Waals surface area contributed by atoms with Crippen LogP contribution in [0.5, 0.6) is 0 Å². The Hall–Kier alpha value is -1.36. The summed E-state index contributed by atoms with van der Waals surface area (Å²) in [5.41, 5.74) is 0.436. The Bertz CT molecular complexity index is 373. The maximum atomic E-state index is 11.7. The molecule has 1 heterocycles. The molecule has 0 aliphatic carbocycles. The molecule has 0 aromatic carbocycles. The number of aryl methyl sites for hydroxylation is 1. The fourth-order valence-corrected chi connectivity index (χ4v) is 2.07. The van der Waals surface area contributed by atoms with Gasteiger partial charge >= 0.3 is 5.97 Å². The van der Waals surface area contributed by atoms with Crippen molar-refractivity contribution in [2.24, 2.45) is 0 Å². The smallest absolute Gasteiger partial charge is 0.341 e. The molecule has 1 aromatic heterocycles. The molecular weight excluding hydrogens is 226 g/mol. The summed E-state index contributed by atoms with van der Waals surface area (Å²) in [6, 6.07) is 1.73. The molecule has 0 aliphatic rings. The first-order valence-electron chi connectivity index (χ1n) is 5.16. The molecule has 0 spiro atoms. The van der Waals surface area contributed by atoms with Crippen molar-refractivity contribution in [1.29, 1.82) is 0 Å². The Kier molecular flexibility index (Phi) is 4.98. The van der Waals surface area contributed by atoms with E-state index in [9.17, 15) is 9.59 Å². The lowest BCUT2D eigenvalue weighted by atomic mass is 10.3. The molecule has 0 saturated carbocycles. The first-order valence-corrected chi connectivity index (χ1v) is 5.98. The van der Waals surface area contributed by atoms with Crippen molar-refractivity contribution in [3.63, 3.8) is 0 Å². The molecular formula is C11H15NO3S. The summed E-state index contributed by atoms with van der Waals surface area (Å²) in [4.78, 5) is 23.0. The lowest BCUT2D eigenvalue weighted by Crippen LogP contribution is -2.07. The van der Waals surface area contributed by atoms with E-state index in [-0.39, 0.29) is 5.97 Å². The second-order valence-electron chi connectivity index (χ2n) is 3.35. The van der Waals surface area contributed by atoms with Gasteiger partial charge < -0.3 is 10.1 Å². The van der Waals surface area contributed by atoms with E-state index in [2.05, 4.69) is 5.32 Å². The predicted octanol–water partition coefficient (Wildman–Crippen LogP) is 2.58. The van der Waals surface area contributed by atoms with Crippen LogP contribution in [0.25, 0.3) is 0 Å². The van der Waals surface area contributed by atoms with Crippen LogP contribution in [0.2, 0.25) is 0 Å². The van der Waals surface area contributed by atoms with Crippen LogP contribution in [0.1, 0.15) is 35.0 Å². The van der Waals surface area contributed by atoms with Crippen LogP contribution in [-0.4, -0.2) is 19.0 Å². The summed E-state index contributed by atoms with van der Waals surface area (Å²) in [5.74, 6) is -0.373. The highest BCUT2D eigenvalue weighted by Gasteiger charge is 2.15. The normalized spacial score (nSPS) is 9.88. The maximum Gasteiger partial charge on any atom is 0.341 e. The van der Waals surface area contributed by atoms with Crippen LogP contribution in [0, 0.1) is 6.92 Å². The number of rotatable bonds is 6. The lowest BCUT2D eigenvalue weighted by Gasteiger charge is -2.03. The van der Waals surface area contributed by atoms with Crippen molar-refractivity contribution in [2.75, 3.05) is 11.9 Å². The molecule has 4 nitrogen and oxygen atoms in total. The number of ether oxygens (including phenoxy) is 1. The van der Waals surface area contributed by atoms with Gasteiger partial charge in [0, 0.05) is 4.88 Å². The van der Waals surface area contributed by atoms with E-state index >= 15 is 0 Å². The Morgan fingerprint density at radius 1 is 1.62 bits per heavy atom. The highest BCUT2D eigenvalue weighted by atomic mass is 32.1. The Labute approximate surface area is 98.6 Å². The summed E-state index contributed by atoms with van der Waals surface area (Å²) < 4.78 is 5.08. The van der Waals surface area contributed by atoms with E-state index in [4.69, 9.17) is 4.74 Å².